The first kappa shape index (κ1) is 14.9. The minimum Gasteiger partial charge on any atom is -0.368 e. The molecule has 0 atom stereocenters. The van der Waals surface area contributed by atoms with Gasteiger partial charge in [0, 0.05) is 0 Å². The zero-order valence-electron chi connectivity index (χ0n) is 10.3. The number of hydrogen-bond acceptors (Lipinski definition) is 3. The Morgan fingerprint density at radius 2 is 1.60 bits per heavy atom. The van der Waals surface area contributed by atoms with Crippen LogP contribution in [0.5, 0.6) is 0 Å². The lowest BCUT2D eigenvalue weighted by atomic mass is 10.2. The van der Waals surface area contributed by atoms with Gasteiger partial charge in [-0.3, -0.25) is 0 Å². The third-order valence-electron chi connectivity index (χ3n) is 2.71. The first-order chi connectivity index (χ1) is 7.20. The second-order valence-corrected chi connectivity index (χ2v) is 4.12. The van der Waals surface area contributed by atoms with Crippen LogP contribution in [0.1, 0.15) is 52.4 Å². The maximum Gasteiger partial charge on any atom is 0.151 e. The summed E-state index contributed by atoms with van der Waals surface area (Å²) in [6.45, 7) is 7.58. The lowest BCUT2D eigenvalue weighted by molar-refractivity contribution is -0.0474. The molecule has 3 heteroatoms. The van der Waals surface area contributed by atoms with Crippen LogP contribution >= 0.6 is 0 Å². The SMILES string of the molecule is CCCCCCN(CC)CCCC(O)O. The van der Waals surface area contributed by atoms with Crippen molar-refractivity contribution in [3.05, 3.63) is 0 Å². The topological polar surface area (TPSA) is 43.7 Å². The fourth-order valence-corrected chi connectivity index (χ4v) is 1.69. The summed E-state index contributed by atoms with van der Waals surface area (Å²) < 4.78 is 0. The molecule has 0 unspecified atom stereocenters. The standard InChI is InChI=1S/C12H27NO2/c1-3-5-6-7-10-13(4-2)11-8-9-12(14)15/h12,14-15H,3-11H2,1-2H3. The largest absolute Gasteiger partial charge is 0.368 e. The highest BCUT2D eigenvalue weighted by Gasteiger charge is 2.03. The molecule has 2 N–H and O–H groups in total. The number of rotatable bonds is 10. The molecule has 0 heterocycles. The summed E-state index contributed by atoms with van der Waals surface area (Å²) in [6.07, 6.45) is 5.42. The predicted octanol–water partition coefficient (Wildman–Crippen LogP) is 1.98. The molecular weight excluding hydrogens is 190 g/mol. The van der Waals surface area contributed by atoms with E-state index in [2.05, 4.69) is 18.7 Å². The molecule has 0 rings (SSSR count). The van der Waals surface area contributed by atoms with Crippen molar-refractivity contribution in [3.63, 3.8) is 0 Å². The van der Waals surface area contributed by atoms with E-state index in [4.69, 9.17) is 10.2 Å². The van der Waals surface area contributed by atoms with Crippen LogP contribution in [0.2, 0.25) is 0 Å². The van der Waals surface area contributed by atoms with E-state index in [0.29, 0.717) is 6.42 Å². The Kier molecular flexibility index (Phi) is 10.3. The van der Waals surface area contributed by atoms with Crippen molar-refractivity contribution in [2.75, 3.05) is 19.6 Å². The molecule has 0 saturated heterocycles. The minimum absolute atomic E-state index is 0.492. The minimum atomic E-state index is -1.14. The maximum absolute atomic E-state index is 8.72. The van der Waals surface area contributed by atoms with E-state index in [0.717, 1.165) is 26.1 Å². The number of nitrogens with zero attached hydrogens (tertiary/aromatic N) is 1. The van der Waals surface area contributed by atoms with Crippen LogP contribution in [-0.4, -0.2) is 41.0 Å². The predicted molar refractivity (Wildman–Crippen MR) is 63.7 cm³/mol. The third kappa shape index (κ3) is 10.2. The number of aliphatic hydroxyl groups is 2. The first-order valence-corrected chi connectivity index (χ1v) is 6.29. The van der Waals surface area contributed by atoms with Gasteiger partial charge in [0.1, 0.15) is 0 Å². The van der Waals surface area contributed by atoms with E-state index in [1.54, 1.807) is 0 Å². The van der Waals surface area contributed by atoms with Crippen molar-refractivity contribution < 1.29 is 10.2 Å². The van der Waals surface area contributed by atoms with Gasteiger partial charge in [0.15, 0.2) is 6.29 Å². The molecule has 0 saturated carbocycles. The van der Waals surface area contributed by atoms with Crippen LogP contribution < -0.4 is 0 Å². The zero-order valence-corrected chi connectivity index (χ0v) is 10.3. The van der Waals surface area contributed by atoms with Crippen LogP contribution in [0, 0.1) is 0 Å². The van der Waals surface area contributed by atoms with Gasteiger partial charge < -0.3 is 15.1 Å². The van der Waals surface area contributed by atoms with E-state index in [-0.39, 0.29) is 0 Å². The molecule has 0 fully saturated rings. The molecule has 0 amide bonds. The Hall–Kier alpha value is -0.120. The highest BCUT2D eigenvalue weighted by Crippen LogP contribution is 2.03. The molecule has 0 aliphatic carbocycles. The Labute approximate surface area is 94.1 Å². The van der Waals surface area contributed by atoms with E-state index < -0.39 is 6.29 Å². The maximum atomic E-state index is 8.72. The van der Waals surface area contributed by atoms with Crippen LogP contribution in [0.3, 0.4) is 0 Å². The summed E-state index contributed by atoms with van der Waals surface area (Å²) >= 11 is 0. The molecule has 0 bridgehead atoms. The monoisotopic (exact) mass is 217 g/mol. The van der Waals surface area contributed by atoms with Crippen molar-refractivity contribution in [2.45, 2.75) is 58.7 Å². The molecule has 92 valence electrons. The summed E-state index contributed by atoms with van der Waals surface area (Å²) in [4.78, 5) is 2.39. The fourth-order valence-electron chi connectivity index (χ4n) is 1.69. The Morgan fingerprint density at radius 1 is 0.933 bits per heavy atom. The highest BCUT2D eigenvalue weighted by atomic mass is 16.5. The average Bonchev–Trinajstić information content (AvgIpc) is 2.21. The van der Waals surface area contributed by atoms with Crippen molar-refractivity contribution in [3.8, 4) is 0 Å². The summed E-state index contributed by atoms with van der Waals surface area (Å²) in [6, 6.07) is 0. The molecule has 0 aromatic rings. The second-order valence-electron chi connectivity index (χ2n) is 4.12. The van der Waals surface area contributed by atoms with Crippen LogP contribution in [0.4, 0.5) is 0 Å². The van der Waals surface area contributed by atoms with Gasteiger partial charge in [0.25, 0.3) is 0 Å². The fraction of sp³-hybridized carbons (Fsp3) is 1.00. The Bertz CT molecular complexity index is 129. The van der Waals surface area contributed by atoms with E-state index >= 15 is 0 Å². The van der Waals surface area contributed by atoms with Gasteiger partial charge in [-0.05, 0) is 38.9 Å². The number of hydrogen-bond donors (Lipinski definition) is 2. The van der Waals surface area contributed by atoms with Crippen molar-refractivity contribution >= 4 is 0 Å². The van der Waals surface area contributed by atoms with Crippen LogP contribution in [0.25, 0.3) is 0 Å². The molecule has 0 spiro atoms. The number of unbranched alkanes of at least 4 members (excludes halogenated alkanes) is 3. The molecule has 0 aliphatic rings. The van der Waals surface area contributed by atoms with Crippen molar-refractivity contribution in [1.29, 1.82) is 0 Å². The lowest BCUT2D eigenvalue weighted by Crippen LogP contribution is -2.26. The second kappa shape index (κ2) is 10.4. The van der Waals surface area contributed by atoms with Gasteiger partial charge in [-0.25, -0.2) is 0 Å². The van der Waals surface area contributed by atoms with Gasteiger partial charge in [0.2, 0.25) is 0 Å². The van der Waals surface area contributed by atoms with Gasteiger partial charge in [0.05, 0.1) is 0 Å². The summed E-state index contributed by atoms with van der Waals surface area (Å²) in [5.41, 5.74) is 0. The molecule has 0 aliphatic heterocycles. The van der Waals surface area contributed by atoms with Crippen molar-refractivity contribution in [1.82, 2.24) is 4.90 Å². The van der Waals surface area contributed by atoms with Gasteiger partial charge in [-0.1, -0.05) is 33.1 Å². The van der Waals surface area contributed by atoms with Crippen LogP contribution in [-0.2, 0) is 0 Å². The molecular formula is C12H27NO2. The Balaban J connectivity index is 3.38. The molecule has 0 aromatic heterocycles. The molecule has 0 aromatic carbocycles. The number of aliphatic hydroxyl groups excluding tert-OH is 1. The summed E-state index contributed by atoms with van der Waals surface area (Å²) in [5.74, 6) is 0. The normalized spacial score (nSPS) is 11.6. The van der Waals surface area contributed by atoms with Crippen LogP contribution in [0.15, 0.2) is 0 Å². The van der Waals surface area contributed by atoms with Gasteiger partial charge >= 0.3 is 0 Å². The van der Waals surface area contributed by atoms with E-state index in [1.807, 2.05) is 0 Å². The van der Waals surface area contributed by atoms with Crippen molar-refractivity contribution in [2.24, 2.45) is 0 Å². The Morgan fingerprint density at radius 3 is 2.13 bits per heavy atom. The zero-order chi connectivity index (χ0) is 11.5. The summed E-state index contributed by atoms with van der Waals surface area (Å²) in [5, 5.41) is 17.4. The van der Waals surface area contributed by atoms with E-state index in [9.17, 15) is 0 Å². The third-order valence-corrected chi connectivity index (χ3v) is 2.71. The van der Waals surface area contributed by atoms with Gasteiger partial charge in [-0.15, -0.1) is 0 Å². The van der Waals surface area contributed by atoms with Gasteiger partial charge in [-0.2, -0.15) is 0 Å². The van der Waals surface area contributed by atoms with E-state index in [1.165, 1.54) is 25.7 Å². The molecule has 15 heavy (non-hydrogen) atoms. The quantitative estimate of drug-likeness (QED) is 0.434. The first-order valence-electron chi connectivity index (χ1n) is 6.29. The average molecular weight is 217 g/mol. The molecule has 3 nitrogen and oxygen atoms in total. The highest BCUT2D eigenvalue weighted by molar-refractivity contribution is 4.56. The smallest absolute Gasteiger partial charge is 0.151 e. The molecule has 0 radical (unpaired) electrons. The summed E-state index contributed by atoms with van der Waals surface area (Å²) in [7, 11) is 0. The lowest BCUT2D eigenvalue weighted by Gasteiger charge is -2.20.